The fourth-order valence-corrected chi connectivity index (χ4v) is 2.01. The molecular formula is C13H13ClN3Na. The zero-order chi connectivity index (χ0) is 12.3. The molecule has 0 saturated carbocycles. The minimum atomic E-state index is 0. The number of nitrogen functional groups attached to an aromatic ring is 1. The van der Waals surface area contributed by atoms with Gasteiger partial charge < -0.3 is 16.1 Å². The van der Waals surface area contributed by atoms with Crippen LogP contribution >= 0.6 is 11.6 Å². The fourth-order valence-electron chi connectivity index (χ4n) is 1.74. The molecule has 0 amide bonds. The van der Waals surface area contributed by atoms with Crippen LogP contribution in [0, 0.1) is 11.5 Å². The first-order valence-corrected chi connectivity index (χ1v) is 5.77. The Balaban J connectivity index is 0.00000162. The minimum Gasteiger partial charge on any atom is -0.398 e. The van der Waals surface area contributed by atoms with Crippen molar-refractivity contribution in [2.45, 2.75) is 12.8 Å². The Bertz CT molecular complexity index is 509. The Morgan fingerprint density at radius 2 is 2.22 bits per heavy atom. The first-order valence-electron chi connectivity index (χ1n) is 5.39. The number of allylic oxidation sites excluding steroid dienone is 1. The largest absolute Gasteiger partial charge is 1.00 e. The maximum atomic E-state index is 7.19. The molecule has 18 heavy (non-hydrogen) atoms. The SMILES string of the molecule is N=Cc1cc(Cl)c(CCC2=NC[C-]=C2)cc1N.[Na+]. The van der Waals surface area contributed by atoms with Gasteiger partial charge in [-0.05, 0) is 30.7 Å². The second-order valence-corrected chi connectivity index (χ2v) is 4.28. The van der Waals surface area contributed by atoms with Crippen LogP contribution in [0.1, 0.15) is 17.5 Å². The number of anilines is 1. The van der Waals surface area contributed by atoms with Crippen LogP contribution in [-0.4, -0.2) is 18.5 Å². The average molecular weight is 270 g/mol. The molecule has 0 radical (unpaired) electrons. The third-order valence-corrected chi connectivity index (χ3v) is 3.05. The standard InChI is InChI=1S/C13H13ClN3.Na/c14-12-6-10(8-15)13(16)7-9(12)3-4-11-2-1-5-17-11;/h2,6-8,15H,3-5,16H2;/q-1;+1. The van der Waals surface area contributed by atoms with Crippen molar-refractivity contribution in [2.24, 2.45) is 4.99 Å². The molecule has 0 saturated heterocycles. The second kappa shape index (κ2) is 7.10. The van der Waals surface area contributed by atoms with Gasteiger partial charge in [0.2, 0.25) is 0 Å². The van der Waals surface area contributed by atoms with E-state index >= 15 is 0 Å². The summed E-state index contributed by atoms with van der Waals surface area (Å²) >= 11 is 6.14. The van der Waals surface area contributed by atoms with E-state index in [1.165, 1.54) is 6.21 Å². The minimum absolute atomic E-state index is 0. The molecule has 0 spiro atoms. The molecule has 0 unspecified atom stereocenters. The van der Waals surface area contributed by atoms with Gasteiger partial charge in [0.05, 0.1) is 0 Å². The first kappa shape index (κ1) is 15.4. The van der Waals surface area contributed by atoms with Gasteiger partial charge in [0.25, 0.3) is 0 Å². The number of nitrogens with one attached hydrogen (secondary N) is 1. The van der Waals surface area contributed by atoms with Crippen LogP contribution in [0.3, 0.4) is 0 Å². The summed E-state index contributed by atoms with van der Waals surface area (Å²) in [6, 6.07) is 3.57. The summed E-state index contributed by atoms with van der Waals surface area (Å²) in [7, 11) is 0. The quantitative estimate of drug-likeness (QED) is 0.334. The van der Waals surface area contributed by atoms with E-state index in [9.17, 15) is 0 Å². The topological polar surface area (TPSA) is 62.2 Å². The van der Waals surface area contributed by atoms with Crippen molar-refractivity contribution >= 4 is 29.2 Å². The third-order valence-electron chi connectivity index (χ3n) is 2.70. The molecule has 0 aliphatic carbocycles. The van der Waals surface area contributed by atoms with Gasteiger partial charge in [-0.2, -0.15) is 0 Å². The number of aliphatic imine (C=N–C) groups is 1. The van der Waals surface area contributed by atoms with E-state index in [-0.39, 0.29) is 29.6 Å². The summed E-state index contributed by atoms with van der Waals surface area (Å²) < 4.78 is 0. The molecule has 1 aliphatic heterocycles. The van der Waals surface area contributed by atoms with E-state index in [0.717, 1.165) is 24.1 Å². The van der Waals surface area contributed by atoms with Crippen LogP contribution in [0.15, 0.2) is 23.2 Å². The number of hydrogen-bond acceptors (Lipinski definition) is 3. The molecule has 5 heteroatoms. The first-order chi connectivity index (χ1) is 8.20. The van der Waals surface area contributed by atoms with Gasteiger partial charge in [-0.1, -0.05) is 18.0 Å². The average Bonchev–Trinajstić information content (AvgIpc) is 2.82. The number of rotatable bonds is 4. The van der Waals surface area contributed by atoms with Crippen molar-refractivity contribution in [3.63, 3.8) is 0 Å². The van der Waals surface area contributed by atoms with Crippen LogP contribution < -0.4 is 35.3 Å². The van der Waals surface area contributed by atoms with Gasteiger partial charge in [-0.15, -0.1) is 5.71 Å². The van der Waals surface area contributed by atoms with Crippen molar-refractivity contribution in [2.75, 3.05) is 12.3 Å². The maximum Gasteiger partial charge on any atom is 1.00 e. The predicted molar refractivity (Wildman–Crippen MR) is 72.2 cm³/mol. The Kier molecular flexibility index (Phi) is 6.09. The third kappa shape index (κ3) is 3.69. The van der Waals surface area contributed by atoms with Crippen LogP contribution in [0.4, 0.5) is 5.69 Å². The normalized spacial score (nSPS) is 13.1. The van der Waals surface area contributed by atoms with Crippen molar-refractivity contribution in [1.29, 1.82) is 5.41 Å². The van der Waals surface area contributed by atoms with E-state index in [1.54, 1.807) is 6.07 Å². The van der Waals surface area contributed by atoms with Gasteiger partial charge >= 0.3 is 29.6 Å². The zero-order valence-corrected chi connectivity index (χ0v) is 13.1. The van der Waals surface area contributed by atoms with E-state index < -0.39 is 0 Å². The molecule has 2 rings (SSSR count). The van der Waals surface area contributed by atoms with Gasteiger partial charge in [-0.3, -0.25) is 6.08 Å². The molecule has 0 aromatic heterocycles. The van der Waals surface area contributed by atoms with Gasteiger partial charge in [0.15, 0.2) is 0 Å². The van der Waals surface area contributed by atoms with E-state index in [0.29, 0.717) is 22.8 Å². The molecule has 0 bridgehead atoms. The van der Waals surface area contributed by atoms with Crippen LogP contribution in [0.2, 0.25) is 5.02 Å². The number of aryl methyl sites for hydroxylation is 1. The summed E-state index contributed by atoms with van der Waals surface area (Å²) in [6.07, 6.45) is 7.82. The smallest absolute Gasteiger partial charge is 0.398 e. The Morgan fingerprint density at radius 3 is 2.83 bits per heavy atom. The van der Waals surface area contributed by atoms with Crippen LogP contribution in [0.5, 0.6) is 0 Å². The molecule has 1 heterocycles. The Hall–Kier alpha value is -0.610. The second-order valence-electron chi connectivity index (χ2n) is 3.87. The summed E-state index contributed by atoms with van der Waals surface area (Å²) in [6.45, 7) is 0.665. The van der Waals surface area contributed by atoms with E-state index in [1.807, 2.05) is 12.1 Å². The number of benzene rings is 1. The van der Waals surface area contributed by atoms with E-state index in [4.69, 9.17) is 22.7 Å². The summed E-state index contributed by atoms with van der Waals surface area (Å²) in [5, 5.41) is 7.85. The summed E-state index contributed by atoms with van der Waals surface area (Å²) in [5.74, 6) is 0. The fraction of sp³-hybridized carbons (Fsp3) is 0.231. The molecule has 3 N–H and O–H groups in total. The summed E-state index contributed by atoms with van der Waals surface area (Å²) in [5.41, 5.74) is 9.12. The molecule has 1 aromatic rings. The Labute approximate surface area is 134 Å². The monoisotopic (exact) mass is 269 g/mol. The van der Waals surface area contributed by atoms with Crippen molar-refractivity contribution in [1.82, 2.24) is 0 Å². The molecule has 0 atom stereocenters. The van der Waals surface area contributed by atoms with Gasteiger partial charge in [0, 0.05) is 22.5 Å². The number of halogens is 1. The molecule has 3 nitrogen and oxygen atoms in total. The van der Waals surface area contributed by atoms with E-state index in [2.05, 4.69) is 11.1 Å². The molecular weight excluding hydrogens is 257 g/mol. The summed E-state index contributed by atoms with van der Waals surface area (Å²) in [4.78, 5) is 4.28. The maximum absolute atomic E-state index is 7.19. The van der Waals surface area contributed by atoms with Gasteiger partial charge in [-0.25, -0.2) is 6.08 Å². The van der Waals surface area contributed by atoms with Crippen molar-refractivity contribution < 1.29 is 29.6 Å². The molecule has 0 fully saturated rings. The zero-order valence-electron chi connectivity index (χ0n) is 10.3. The van der Waals surface area contributed by atoms with Crippen LogP contribution in [-0.2, 0) is 6.42 Å². The van der Waals surface area contributed by atoms with Crippen molar-refractivity contribution in [3.8, 4) is 0 Å². The van der Waals surface area contributed by atoms with Gasteiger partial charge in [0.1, 0.15) is 0 Å². The number of hydrogen-bond donors (Lipinski definition) is 2. The predicted octanol–water partition coefficient (Wildman–Crippen LogP) is -0.330. The van der Waals surface area contributed by atoms with Crippen molar-refractivity contribution in [3.05, 3.63) is 40.4 Å². The number of nitrogens with zero attached hydrogens (tertiary/aromatic N) is 1. The van der Waals surface area contributed by atoms with Crippen LogP contribution in [0.25, 0.3) is 0 Å². The molecule has 1 aliphatic rings. The molecule has 1 aromatic carbocycles. The molecule has 88 valence electrons. The Morgan fingerprint density at radius 1 is 1.44 bits per heavy atom. The number of nitrogens with two attached hydrogens (primary N) is 1.